The van der Waals surface area contributed by atoms with Crippen molar-refractivity contribution in [3.8, 4) is 0 Å². The standard InChI is InChI=1S/C13H22N2O3S2/c1-4-14-7-12-9(2)18-10(3)13(12)20(16,17)15-11-5-6-19-8-11/h11,14-15H,4-8H2,1-3H3. The lowest BCUT2D eigenvalue weighted by Crippen LogP contribution is -2.35. The molecule has 0 aliphatic carbocycles. The van der Waals surface area contributed by atoms with E-state index in [1.54, 1.807) is 18.7 Å². The van der Waals surface area contributed by atoms with Crippen LogP contribution in [0.4, 0.5) is 0 Å². The van der Waals surface area contributed by atoms with E-state index in [-0.39, 0.29) is 6.04 Å². The highest BCUT2D eigenvalue weighted by molar-refractivity contribution is 7.99. The van der Waals surface area contributed by atoms with Gasteiger partial charge in [0, 0.05) is 23.9 Å². The molecule has 1 aliphatic heterocycles. The molecule has 114 valence electrons. The Labute approximate surface area is 124 Å². The first kappa shape index (κ1) is 15.9. The Morgan fingerprint density at radius 3 is 2.70 bits per heavy atom. The van der Waals surface area contributed by atoms with Gasteiger partial charge >= 0.3 is 0 Å². The van der Waals surface area contributed by atoms with E-state index < -0.39 is 10.0 Å². The quantitative estimate of drug-likeness (QED) is 0.837. The molecular formula is C13H22N2O3S2. The first-order valence-corrected chi connectivity index (χ1v) is 9.49. The van der Waals surface area contributed by atoms with Crippen molar-refractivity contribution in [3.05, 3.63) is 17.1 Å². The summed E-state index contributed by atoms with van der Waals surface area (Å²) in [6.45, 7) is 6.81. The normalized spacial score (nSPS) is 19.6. The van der Waals surface area contributed by atoms with Gasteiger partial charge in [0.25, 0.3) is 0 Å². The molecule has 1 aliphatic rings. The third-order valence-electron chi connectivity index (χ3n) is 3.40. The van der Waals surface area contributed by atoms with Crippen LogP contribution in [0.25, 0.3) is 0 Å². The van der Waals surface area contributed by atoms with E-state index in [9.17, 15) is 8.42 Å². The Balaban J connectivity index is 2.29. The Kier molecular flexibility index (Phi) is 5.17. The second-order valence-electron chi connectivity index (χ2n) is 4.98. The van der Waals surface area contributed by atoms with Crippen molar-refractivity contribution in [1.82, 2.24) is 10.0 Å². The minimum absolute atomic E-state index is 0.0339. The van der Waals surface area contributed by atoms with Crippen LogP contribution in [0.3, 0.4) is 0 Å². The predicted octanol–water partition coefficient (Wildman–Crippen LogP) is 1.79. The Morgan fingerprint density at radius 2 is 2.10 bits per heavy atom. The van der Waals surface area contributed by atoms with E-state index in [4.69, 9.17) is 4.42 Å². The van der Waals surface area contributed by atoms with E-state index >= 15 is 0 Å². The predicted molar refractivity (Wildman–Crippen MR) is 81.6 cm³/mol. The van der Waals surface area contributed by atoms with Crippen molar-refractivity contribution >= 4 is 21.8 Å². The van der Waals surface area contributed by atoms with Crippen LogP contribution in [0.15, 0.2) is 9.31 Å². The van der Waals surface area contributed by atoms with Gasteiger partial charge in [-0.15, -0.1) is 0 Å². The fraction of sp³-hybridized carbons (Fsp3) is 0.692. The molecule has 1 unspecified atom stereocenters. The number of rotatable bonds is 6. The van der Waals surface area contributed by atoms with Crippen LogP contribution in [0.1, 0.15) is 30.4 Å². The number of nitrogens with one attached hydrogen (secondary N) is 2. The van der Waals surface area contributed by atoms with Gasteiger partial charge in [-0.2, -0.15) is 11.8 Å². The molecule has 0 saturated carbocycles. The lowest BCUT2D eigenvalue weighted by atomic mass is 10.2. The van der Waals surface area contributed by atoms with Crippen LogP contribution in [-0.2, 0) is 16.6 Å². The van der Waals surface area contributed by atoms with Crippen LogP contribution in [0.2, 0.25) is 0 Å². The van der Waals surface area contributed by atoms with E-state index in [1.807, 2.05) is 13.8 Å². The molecule has 1 atom stereocenters. The topological polar surface area (TPSA) is 71.3 Å². The monoisotopic (exact) mass is 318 g/mol. The molecule has 0 bridgehead atoms. The van der Waals surface area contributed by atoms with E-state index in [0.29, 0.717) is 23.0 Å². The molecule has 0 aromatic carbocycles. The summed E-state index contributed by atoms with van der Waals surface area (Å²) < 4.78 is 33.5. The molecule has 0 amide bonds. The SMILES string of the molecule is CCNCc1c(C)oc(C)c1S(=O)(=O)NC1CCSC1. The molecule has 1 aromatic rings. The Morgan fingerprint density at radius 1 is 1.35 bits per heavy atom. The van der Waals surface area contributed by atoms with Crippen LogP contribution in [0, 0.1) is 13.8 Å². The molecular weight excluding hydrogens is 296 g/mol. The first-order valence-electron chi connectivity index (χ1n) is 6.85. The summed E-state index contributed by atoms with van der Waals surface area (Å²) in [6, 6.07) is 0.0339. The van der Waals surface area contributed by atoms with Crippen molar-refractivity contribution in [1.29, 1.82) is 0 Å². The fourth-order valence-electron chi connectivity index (χ4n) is 2.42. The van der Waals surface area contributed by atoms with Crippen LogP contribution in [0.5, 0.6) is 0 Å². The van der Waals surface area contributed by atoms with Gasteiger partial charge < -0.3 is 9.73 Å². The molecule has 2 heterocycles. The molecule has 1 fully saturated rings. The number of aryl methyl sites for hydroxylation is 2. The van der Waals surface area contributed by atoms with Gasteiger partial charge in [-0.05, 0) is 32.6 Å². The number of hydrogen-bond donors (Lipinski definition) is 2. The largest absolute Gasteiger partial charge is 0.465 e. The zero-order valence-electron chi connectivity index (χ0n) is 12.2. The number of thioether (sulfide) groups is 1. The summed E-state index contributed by atoms with van der Waals surface area (Å²) in [5.74, 6) is 3.00. The van der Waals surface area contributed by atoms with Gasteiger partial charge in [0.15, 0.2) is 0 Å². The molecule has 2 N–H and O–H groups in total. The molecule has 2 rings (SSSR count). The number of hydrogen-bond acceptors (Lipinski definition) is 5. The van der Waals surface area contributed by atoms with E-state index in [2.05, 4.69) is 10.0 Å². The molecule has 0 spiro atoms. The molecule has 20 heavy (non-hydrogen) atoms. The molecule has 1 aromatic heterocycles. The first-order chi connectivity index (χ1) is 9.45. The zero-order chi connectivity index (χ0) is 14.8. The van der Waals surface area contributed by atoms with Gasteiger partial charge in [-0.1, -0.05) is 6.92 Å². The summed E-state index contributed by atoms with van der Waals surface area (Å²) >= 11 is 1.78. The van der Waals surface area contributed by atoms with Crippen molar-refractivity contribution < 1.29 is 12.8 Å². The fourth-order valence-corrected chi connectivity index (χ4v) is 5.40. The van der Waals surface area contributed by atoms with Crippen molar-refractivity contribution in [3.63, 3.8) is 0 Å². The maximum absolute atomic E-state index is 12.6. The summed E-state index contributed by atoms with van der Waals surface area (Å²) in [6.07, 6.45) is 0.891. The lowest BCUT2D eigenvalue weighted by molar-refractivity contribution is 0.492. The highest BCUT2D eigenvalue weighted by atomic mass is 32.2. The third-order valence-corrected chi connectivity index (χ3v) is 6.27. The maximum Gasteiger partial charge on any atom is 0.244 e. The highest BCUT2D eigenvalue weighted by Crippen LogP contribution is 2.28. The average molecular weight is 318 g/mol. The van der Waals surface area contributed by atoms with Crippen molar-refractivity contribution in [2.24, 2.45) is 0 Å². The molecule has 5 nitrogen and oxygen atoms in total. The van der Waals surface area contributed by atoms with Gasteiger partial charge in [-0.3, -0.25) is 0 Å². The van der Waals surface area contributed by atoms with E-state index in [0.717, 1.165) is 30.0 Å². The van der Waals surface area contributed by atoms with Gasteiger partial charge in [0.05, 0.1) is 0 Å². The molecule has 7 heteroatoms. The molecule has 1 saturated heterocycles. The van der Waals surface area contributed by atoms with Gasteiger partial charge in [-0.25, -0.2) is 13.1 Å². The Bertz CT molecular complexity index is 560. The Hall–Kier alpha value is -0.500. The minimum atomic E-state index is -3.51. The van der Waals surface area contributed by atoms with Crippen molar-refractivity contribution in [2.75, 3.05) is 18.1 Å². The molecule has 0 radical (unpaired) electrons. The second-order valence-corrected chi connectivity index (χ2v) is 7.78. The van der Waals surface area contributed by atoms with Crippen LogP contribution in [-0.4, -0.2) is 32.5 Å². The summed E-state index contributed by atoms with van der Waals surface area (Å²) in [5, 5.41) is 3.17. The summed E-state index contributed by atoms with van der Waals surface area (Å²) in [7, 11) is -3.51. The van der Waals surface area contributed by atoms with Crippen LogP contribution < -0.4 is 10.0 Å². The second kappa shape index (κ2) is 6.51. The summed E-state index contributed by atoms with van der Waals surface area (Å²) in [5.41, 5.74) is 0.738. The third kappa shape index (κ3) is 3.39. The maximum atomic E-state index is 12.6. The van der Waals surface area contributed by atoms with Crippen molar-refractivity contribution in [2.45, 2.75) is 44.7 Å². The smallest absolute Gasteiger partial charge is 0.244 e. The zero-order valence-corrected chi connectivity index (χ0v) is 13.8. The van der Waals surface area contributed by atoms with Gasteiger partial charge in [0.1, 0.15) is 16.4 Å². The van der Waals surface area contributed by atoms with E-state index in [1.165, 1.54) is 0 Å². The van der Waals surface area contributed by atoms with Crippen LogP contribution >= 0.6 is 11.8 Å². The number of sulfonamides is 1. The summed E-state index contributed by atoms with van der Waals surface area (Å²) in [4.78, 5) is 0.313. The minimum Gasteiger partial charge on any atom is -0.465 e. The lowest BCUT2D eigenvalue weighted by Gasteiger charge is -2.13. The average Bonchev–Trinajstić information content (AvgIpc) is 2.94. The number of furan rings is 1. The highest BCUT2D eigenvalue weighted by Gasteiger charge is 2.30. The van der Waals surface area contributed by atoms with Gasteiger partial charge in [0.2, 0.25) is 10.0 Å².